The van der Waals surface area contributed by atoms with Gasteiger partial charge in [-0.1, -0.05) is 35.9 Å². The minimum Gasteiger partial charge on any atom is -0.248 e. The number of pyridine rings is 1. The summed E-state index contributed by atoms with van der Waals surface area (Å²) in [6.07, 6.45) is 0. The SMILES string of the molecule is Cc1c2ccccc2nc2cccc(Cl)c12. The molecule has 0 N–H and O–H groups in total. The van der Waals surface area contributed by atoms with Gasteiger partial charge in [-0.3, -0.25) is 0 Å². The Morgan fingerprint density at radius 2 is 1.69 bits per heavy atom. The van der Waals surface area contributed by atoms with E-state index in [-0.39, 0.29) is 0 Å². The van der Waals surface area contributed by atoms with Crippen LogP contribution < -0.4 is 0 Å². The Hall–Kier alpha value is -1.60. The Labute approximate surface area is 98.7 Å². The lowest BCUT2D eigenvalue weighted by Gasteiger charge is -2.07. The molecular formula is C14H10ClN. The van der Waals surface area contributed by atoms with Crippen molar-refractivity contribution in [3.05, 3.63) is 53.1 Å². The van der Waals surface area contributed by atoms with Crippen LogP contribution >= 0.6 is 11.6 Å². The van der Waals surface area contributed by atoms with Gasteiger partial charge >= 0.3 is 0 Å². The first-order valence-electron chi connectivity index (χ1n) is 5.21. The van der Waals surface area contributed by atoms with E-state index >= 15 is 0 Å². The van der Waals surface area contributed by atoms with Crippen LogP contribution in [0.1, 0.15) is 5.56 Å². The molecule has 0 unspecified atom stereocenters. The molecule has 0 atom stereocenters. The fraction of sp³-hybridized carbons (Fsp3) is 0.0714. The van der Waals surface area contributed by atoms with Gasteiger partial charge < -0.3 is 0 Å². The van der Waals surface area contributed by atoms with Crippen LogP contribution in [0.25, 0.3) is 21.8 Å². The quantitative estimate of drug-likeness (QED) is 0.521. The summed E-state index contributed by atoms with van der Waals surface area (Å²) in [5.74, 6) is 0. The van der Waals surface area contributed by atoms with Crippen molar-refractivity contribution < 1.29 is 0 Å². The van der Waals surface area contributed by atoms with Gasteiger partial charge in [0.2, 0.25) is 0 Å². The Morgan fingerprint density at radius 1 is 0.938 bits per heavy atom. The summed E-state index contributed by atoms with van der Waals surface area (Å²) in [6.45, 7) is 2.10. The molecule has 0 aliphatic rings. The van der Waals surface area contributed by atoms with Gasteiger partial charge in [0.25, 0.3) is 0 Å². The summed E-state index contributed by atoms with van der Waals surface area (Å²) in [5.41, 5.74) is 3.18. The lowest BCUT2D eigenvalue weighted by molar-refractivity contribution is 1.45. The van der Waals surface area contributed by atoms with E-state index in [9.17, 15) is 0 Å². The highest BCUT2D eigenvalue weighted by molar-refractivity contribution is 6.36. The van der Waals surface area contributed by atoms with Gasteiger partial charge in [-0.05, 0) is 30.7 Å². The summed E-state index contributed by atoms with van der Waals surface area (Å²) in [4.78, 5) is 4.61. The molecule has 1 nitrogen and oxygen atoms in total. The lowest BCUT2D eigenvalue weighted by atomic mass is 10.0. The van der Waals surface area contributed by atoms with Gasteiger partial charge in [0.05, 0.1) is 16.1 Å². The first kappa shape index (κ1) is 9.61. The zero-order valence-electron chi connectivity index (χ0n) is 8.87. The van der Waals surface area contributed by atoms with Crippen LogP contribution in [0.4, 0.5) is 0 Å². The summed E-state index contributed by atoms with van der Waals surface area (Å²) in [5, 5.41) is 3.00. The van der Waals surface area contributed by atoms with Gasteiger partial charge in [-0.15, -0.1) is 0 Å². The topological polar surface area (TPSA) is 12.9 Å². The Balaban J connectivity index is 2.62. The third kappa shape index (κ3) is 1.29. The van der Waals surface area contributed by atoms with Crippen LogP contribution in [0.5, 0.6) is 0 Å². The van der Waals surface area contributed by atoms with Crippen molar-refractivity contribution in [2.45, 2.75) is 6.92 Å². The highest BCUT2D eigenvalue weighted by Gasteiger charge is 2.07. The minimum atomic E-state index is 0.772. The molecule has 0 saturated carbocycles. The van der Waals surface area contributed by atoms with Crippen molar-refractivity contribution in [1.82, 2.24) is 4.98 Å². The molecule has 0 fully saturated rings. The fourth-order valence-corrected chi connectivity index (χ4v) is 2.44. The van der Waals surface area contributed by atoms with E-state index in [0.29, 0.717) is 0 Å². The molecule has 0 spiro atoms. The van der Waals surface area contributed by atoms with Crippen molar-refractivity contribution >= 4 is 33.4 Å². The maximum atomic E-state index is 6.22. The summed E-state index contributed by atoms with van der Waals surface area (Å²) in [7, 11) is 0. The normalized spacial score (nSPS) is 11.1. The number of fused-ring (bicyclic) bond motifs is 2. The second-order valence-electron chi connectivity index (χ2n) is 3.89. The van der Waals surface area contributed by atoms with Gasteiger partial charge in [-0.2, -0.15) is 0 Å². The number of aromatic nitrogens is 1. The van der Waals surface area contributed by atoms with E-state index in [0.717, 1.165) is 21.4 Å². The van der Waals surface area contributed by atoms with Crippen molar-refractivity contribution in [1.29, 1.82) is 0 Å². The number of nitrogens with zero attached hydrogens (tertiary/aromatic N) is 1. The molecule has 0 aliphatic heterocycles. The number of aryl methyl sites for hydroxylation is 1. The zero-order valence-corrected chi connectivity index (χ0v) is 9.62. The van der Waals surface area contributed by atoms with E-state index < -0.39 is 0 Å². The molecule has 16 heavy (non-hydrogen) atoms. The Morgan fingerprint density at radius 3 is 2.56 bits per heavy atom. The predicted molar refractivity (Wildman–Crippen MR) is 69.0 cm³/mol. The molecule has 1 heterocycles. The van der Waals surface area contributed by atoms with Crippen LogP contribution in [0.15, 0.2) is 42.5 Å². The van der Waals surface area contributed by atoms with Crippen LogP contribution in [0.3, 0.4) is 0 Å². The molecule has 0 aliphatic carbocycles. The van der Waals surface area contributed by atoms with Crippen LogP contribution in [0, 0.1) is 6.92 Å². The van der Waals surface area contributed by atoms with Crippen LogP contribution in [0.2, 0.25) is 5.02 Å². The second kappa shape index (κ2) is 3.46. The summed E-state index contributed by atoms with van der Waals surface area (Å²) in [6, 6.07) is 14.0. The average Bonchev–Trinajstić information content (AvgIpc) is 2.29. The molecule has 0 amide bonds. The molecule has 2 heteroatoms. The zero-order chi connectivity index (χ0) is 11.1. The smallest absolute Gasteiger partial charge is 0.0727 e. The molecule has 0 radical (unpaired) electrons. The first-order valence-corrected chi connectivity index (χ1v) is 5.59. The third-order valence-electron chi connectivity index (χ3n) is 2.92. The molecule has 3 aromatic rings. The summed E-state index contributed by atoms with van der Waals surface area (Å²) >= 11 is 6.22. The van der Waals surface area contributed by atoms with Gasteiger partial charge in [0.1, 0.15) is 0 Å². The maximum Gasteiger partial charge on any atom is 0.0727 e. The number of hydrogen-bond donors (Lipinski definition) is 0. The Bertz CT molecular complexity index is 689. The summed E-state index contributed by atoms with van der Waals surface area (Å²) < 4.78 is 0. The Kier molecular flexibility index (Phi) is 2.08. The number of benzene rings is 2. The third-order valence-corrected chi connectivity index (χ3v) is 3.23. The van der Waals surface area contributed by atoms with Crippen molar-refractivity contribution in [2.75, 3.05) is 0 Å². The molecule has 78 valence electrons. The van der Waals surface area contributed by atoms with Crippen molar-refractivity contribution in [3.8, 4) is 0 Å². The first-order chi connectivity index (χ1) is 7.77. The molecule has 0 bridgehead atoms. The average molecular weight is 228 g/mol. The van der Waals surface area contributed by atoms with E-state index in [2.05, 4.69) is 18.0 Å². The van der Waals surface area contributed by atoms with Crippen molar-refractivity contribution in [3.63, 3.8) is 0 Å². The molecule has 3 rings (SSSR count). The number of halogens is 1. The highest BCUT2D eigenvalue weighted by atomic mass is 35.5. The van der Waals surface area contributed by atoms with E-state index in [4.69, 9.17) is 11.6 Å². The predicted octanol–water partition coefficient (Wildman–Crippen LogP) is 4.35. The number of rotatable bonds is 0. The minimum absolute atomic E-state index is 0.772. The molecule has 0 saturated heterocycles. The molecular weight excluding hydrogens is 218 g/mol. The standard InChI is InChI=1S/C14H10ClN/c1-9-10-5-2-3-7-12(10)16-13-8-4-6-11(15)14(9)13/h2-8H,1H3. The second-order valence-corrected chi connectivity index (χ2v) is 4.30. The highest BCUT2D eigenvalue weighted by Crippen LogP contribution is 2.30. The van der Waals surface area contributed by atoms with E-state index in [1.807, 2.05) is 36.4 Å². The fourth-order valence-electron chi connectivity index (χ4n) is 2.13. The molecule has 1 aromatic heterocycles. The monoisotopic (exact) mass is 227 g/mol. The number of hydrogen-bond acceptors (Lipinski definition) is 1. The molecule has 2 aromatic carbocycles. The largest absolute Gasteiger partial charge is 0.248 e. The van der Waals surface area contributed by atoms with Crippen LogP contribution in [-0.2, 0) is 0 Å². The van der Waals surface area contributed by atoms with Crippen molar-refractivity contribution in [2.24, 2.45) is 0 Å². The lowest BCUT2D eigenvalue weighted by Crippen LogP contribution is -1.87. The van der Waals surface area contributed by atoms with Gasteiger partial charge in [0, 0.05) is 10.8 Å². The maximum absolute atomic E-state index is 6.22. The van der Waals surface area contributed by atoms with E-state index in [1.165, 1.54) is 10.9 Å². The van der Waals surface area contributed by atoms with Gasteiger partial charge in [-0.25, -0.2) is 4.98 Å². The van der Waals surface area contributed by atoms with Gasteiger partial charge in [0.15, 0.2) is 0 Å². The van der Waals surface area contributed by atoms with E-state index in [1.54, 1.807) is 0 Å². The number of para-hydroxylation sites is 1. The van der Waals surface area contributed by atoms with Crippen LogP contribution in [-0.4, -0.2) is 4.98 Å².